The first-order valence-corrected chi connectivity index (χ1v) is 5.34. The molecular formula is C11H17BO3. The van der Waals surface area contributed by atoms with Crippen molar-refractivity contribution >= 4 is 6.91 Å². The Morgan fingerprint density at radius 2 is 1.67 bits per heavy atom. The zero-order chi connectivity index (χ0) is 11.1. The zero-order valence-corrected chi connectivity index (χ0v) is 9.58. The molecular weight excluding hydrogens is 191 g/mol. The zero-order valence-electron chi connectivity index (χ0n) is 9.58. The van der Waals surface area contributed by atoms with Crippen LogP contribution in [0.15, 0.2) is 12.0 Å². The quantitative estimate of drug-likeness (QED) is 0.717. The topological polar surface area (TPSA) is 27.7 Å². The van der Waals surface area contributed by atoms with E-state index in [2.05, 4.69) is 0 Å². The van der Waals surface area contributed by atoms with Gasteiger partial charge >= 0.3 is 90.9 Å². The standard InChI is InChI=1S/C11H17BO3/c1-4-13-9-7-8-12-11(15-6-3)10(9)14-5-2/h7-8H,4-6H2,1-3H3. The van der Waals surface area contributed by atoms with Crippen molar-refractivity contribution in [1.82, 2.24) is 0 Å². The van der Waals surface area contributed by atoms with Gasteiger partial charge in [0, 0.05) is 0 Å². The third-order valence-electron chi connectivity index (χ3n) is 1.83. The van der Waals surface area contributed by atoms with E-state index in [1.807, 2.05) is 39.7 Å². The van der Waals surface area contributed by atoms with Crippen molar-refractivity contribution in [3.63, 3.8) is 0 Å². The first kappa shape index (κ1) is 11.9. The summed E-state index contributed by atoms with van der Waals surface area (Å²) >= 11 is 0. The Balaban J connectivity index is 2.97. The summed E-state index contributed by atoms with van der Waals surface area (Å²) in [5.41, 5.74) is 0.741. The van der Waals surface area contributed by atoms with Crippen molar-refractivity contribution in [3.8, 4) is 17.1 Å². The summed E-state index contributed by atoms with van der Waals surface area (Å²) in [6.45, 7) is 9.57. The van der Waals surface area contributed by atoms with Crippen molar-refractivity contribution in [2.24, 2.45) is 0 Å². The van der Waals surface area contributed by atoms with Crippen LogP contribution in [0.2, 0.25) is 0 Å². The third-order valence-corrected chi connectivity index (χ3v) is 1.83. The predicted octanol–water partition coefficient (Wildman–Crippen LogP) is 2.22. The summed E-state index contributed by atoms with van der Waals surface area (Å²) in [5, 5.41) is 0. The van der Waals surface area contributed by atoms with Gasteiger partial charge in [0.05, 0.1) is 0 Å². The van der Waals surface area contributed by atoms with Crippen LogP contribution in [0.25, 0.3) is 0 Å². The van der Waals surface area contributed by atoms with E-state index in [1.54, 1.807) is 0 Å². The second-order valence-corrected chi connectivity index (χ2v) is 2.88. The molecule has 0 radical (unpaired) electrons. The molecule has 0 aliphatic rings. The van der Waals surface area contributed by atoms with Crippen LogP contribution in [0.5, 0.6) is 17.1 Å². The Morgan fingerprint density at radius 1 is 1.00 bits per heavy atom. The molecule has 0 fully saturated rings. The van der Waals surface area contributed by atoms with E-state index < -0.39 is 0 Å². The number of hydrogen-bond donors (Lipinski definition) is 0. The second-order valence-electron chi connectivity index (χ2n) is 2.88. The van der Waals surface area contributed by atoms with E-state index in [1.165, 1.54) is 0 Å². The molecule has 0 amide bonds. The van der Waals surface area contributed by atoms with Gasteiger partial charge in [-0.05, 0) is 0 Å². The number of ether oxygens (including phenoxy) is 3. The molecule has 0 unspecified atom stereocenters. The van der Waals surface area contributed by atoms with E-state index in [0.717, 1.165) is 11.4 Å². The fraction of sp³-hybridized carbons (Fsp3) is 0.545. The summed E-state index contributed by atoms with van der Waals surface area (Å²) in [6, 6.07) is 1.89. The molecule has 0 aromatic carbocycles. The molecule has 0 saturated heterocycles. The van der Waals surface area contributed by atoms with Gasteiger partial charge in [-0.2, -0.15) is 0 Å². The Labute approximate surface area is 91.6 Å². The van der Waals surface area contributed by atoms with Crippen LogP contribution in [0, 0.1) is 0 Å². The van der Waals surface area contributed by atoms with Gasteiger partial charge in [0.2, 0.25) is 0 Å². The molecule has 1 rings (SSSR count). The van der Waals surface area contributed by atoms with Crippen LogP contribution >= 0.6 is 0 Å². The summed E-state index contributed by atoms with van der Waals surface area (Å²) in [7, 11) is 0. The van der Waals surface area contributed by atoms with Crippen LogP contribution < -0.4 is 14.2 Å². The SMILES string of the molecule is CCOc1bccc(OCC)c1OCC. The molecule has 1 aromatic heterocycles. The molecule has 0 spiro atoms. The van der Waals surface area contributed by atoms with Crippen LogP contribution in [0.1, 0.15) is 20.8 Å². The molecule has 1 heterocycles. The van der Waals surface area contributed by atoms with Crippen LogP contribution in [-0.4, -0.2) is 26.7 Å². The predicted molar refractivity (Wildman–Crippen MR) is 61.3 cm³/mol. The minimum absolute atomic E-state index is 0.601. The van der Waals surface area contributed by atoms with Crippen LogP contribution in [-0.2, 0) is 0 Å². The van der Waals surface area contributed by atoms with Gasteiger partial charge in [-0.15, -0.1) is 0 Å². The van der Waals surface area contributed by atoms with E-state index in [9.17, 15) is 0 Å². The molecule has 82 valence electrons. The summed E-state index contributed by atoms with van der Waals surface area (Å²) < 4.78 is 16.5. The maximum atomic E-state index is 5.52. The van der Waals surface area contributed by atoms with E-state index in [-0.39, 0.29) is 0 Å². The van der Waals surface area contributed by atoms with Gasteiger partial charge in [-0.3, -0.25) is 0 Å². The number of rotatable bonds is 6. The molecule has 0 aliphatic carbocycles. The fourth-order valence-electron chi connectivity index (χ4n) is 1.32. The molecule has 1 aromatic rings. The summed E-state index contributed by atoms with van der Waals surface area (Å²) in [4.78, 5) is 0. The Hall–Kier alpha value is -1.19. The molecule has 0 aliphatic heterocycles. The van der Waals surface area contributed by atoms with E-state index in [4.69, 9.17) is 14.2 Å². The number of hydrogen-bond acceptors (Lipinski definition) is 3. The molecule has 15 heavy (non-hydrogen) atoms. The molecule has 4 heteroatoms. The molecule has 0 bridgehead atoms. The summed E-state index contributed by atoms with van der Waals surface area (Å²) in [6.07, 6.45) is 0. The van der Waals surface area contributed by atoms with Crippen molar-refractivity contribution in [2.75, 3.05) is 19.8 Å². The Bertz CT molecular complexity index is 278. The van der Waals surface area contributed by atoms with Crippen molar-refractivity contribution in [1.29, 1.82) is 0 Å². The molecule has 0 saturated carbocycles. The van der Waals surface area contributed by atoms with Crippen molar-refractivity contribution in [2.45, 2.75) is 20.8 Å². The van der Waals surface area contributed by atoms with Gasteiger partial charge in [-0.25, -0.2) is 0 Å². The monoisotopic (exact) mass is 208 g/mol. The average molecular weight is 208 g/mol. The van der Waals surface area contributed by atoms with Crippen LogP contribution in [0.4, 0.5) is 0 Å². The fourth-order valence-corrected chi connectivity index (χ4v) is 1.32. The average Bonchev–Trinajstić information content (AvgIpc) is 2.23. The Kier molecular flexibility index (Phi) is 5.01. The van der Waals surface area contributed by atoms with E-state index >= 15 is 0 Å². The first-order valence-electron chi connectivity index (χ1n) is 5.34. The maximum absolute atomic E-state index is 5.52. The second kappa shape index (κ2) is 6.33. The van der Waals surface area contributed by atoms with Crippen molar-refractivity contribution < 1.29 is 14.2 Å². The molecule has 0 atom stereocenters. The molecule has 3 nitrogen and oxygen atoms in total. The summed E-state index contributed by atoms with van der Waals surface area (Å²) in [5.74, 6) is 3.34. The molecule has 0 N–H and O–H groups in total. The minimum atomic E-state index is 0.601. The van der Waals surface area contributed by atoms with Gasteiger partial charge in [0.1, 0.15) is 0 Å². The first-order chi connectivity index (χ1) is 7.33. The van der Waals surface area contributed by atoms with Gasteiger partial charge < -0.3 is 0 Å². The normalized spacial score (nSPS) is 9.53. The Morgan fingerprint density at radius 3 is 2.27 bits per heavy atom. The van der Waals surface area contributed by atoms with Crippen molar-refractivity contribution in [3.05, 3.63) is 12.0 Å². The van der Waals surface area contributed by atoms with Crippen LogP contribution in [0.3, 0.4) is 0 Å². The van der Waals surface area contributed by atoms with Gasteiger partial charge in [0.25, 0.3) is 0 Å². The van der Waals surface area contributed by atoms with E-state index in [0.29, 0.717) is 25.6 Å². The van der Waals surface area contributed by atoms with Gasteiger partial charge in [-0.1, -0.05) is 0 Å². The third kappa shape index (κ3) is 3.15. The van der Waals surface area contributed by atoms with Gasteiger partial charge in [0.15, 0.2) is 0 Å².